The van der Waals surface area contributed by atoms with Crippen LogP contribution in [0.4, 0.5) is 11.4 Å². The Kier molecular flexibility index (Phi) is 8.31. The zero-order valence-electron chi connectivity index (χ0n) is 20.6. The molecule has 0 radical (unpaired) electrons. The highest BCUT2D eigenvalue weighted by Crippen LogP contribution is 2.38. The van der Waals surface area contributed by atoms with E-state index in [4.69, 9.17) is 14.2 Å². The number of likely N-dealkylation sites (tertiary alicyclic amines) is 1. The molecule has 5 heteroatoms. The minimum Gasteiger partial charge on any atom is -0.497 e. The topological polar surface area (TPSA) is 34.2 Å². The Morgan fingerprint density at radius 2 is 1.41 bits per heavy atom. The van der Waals surface area contributed by atoms with Gasteiger partial charge in [-0.15, -0.1) is 0 Å². The standard InChI is InChI=1S/C29H36N2O3/c1-4-31(24-10-14-26(15-11-24)34-21-20-30-18-6-5-7-19-30)29-17-16-27(33-3)22-28(29)23-8-12-25(32-2)13-9-23/h8-17,22H,4-7,18-21H2,1-3H3. The zero-order valence-corrected chi connectivity index (χ0v) is 20.6. The first-order valence-corrected chi connectivity index (χ1v) is 12.3. The van der Waals surface area contributed by atoms with Crippen molar-refractivity contribution in [2.45, 2.75) is 26.2 Å². The van der Waals surface area contributed by atoms with Gasteiger partial charge >= 0.3 is 0 Å². The summed E-state index contributed by atoms with van der Waals surface area (Å²) in [5, 5.41) is 0. The Balaban J connectivity index is 1.52. The van der Waals surface area contributed by atoms with Crippen LogP contribution >= 0.6 is 0 Å². The first-order valence-electron chi connectivity index (χ1n) is 12.3. The highest BCUT2D eigenvalue weighted by atomic mass is 16.5. The van der Waals surface area contributed by atoms with E-state index in [1.807, 2.05) is 18.2 Å². The highest BCUT2D eigenvalue weighted by molar-refractivity contribution is 5.83. The summed E-state index contributed by atoms with van der Waals surface area (Å²) in [7, 11) is 3.39. The van der Waals surface area contributed by atoms with Gasteiger partial charge in [0.2, 0.25) is 0 Å². The second kappa shape index (κ2) is 11.8. The van der Waals surface area contributed by atoms with Crippen molar-refractivity contribution in [3.63, 3.8) is 0 Å². The van der Waals surface area contributed by atoms with Crippen LogP contribution in [0.5, 0.6) is 17.2 Å². The Hall–Kier alpha value is -3.18. The van der Waals surface area contributed by atoms with E-state index in [1.54, 1.807) is 14.2 Å². The van der Waals surface area contributed by atoms with E-state index >= 15 is 0 Å². The fourth-order valence-corrected chi connectivity index (χ4v) is 4.57. The van der Waals surface area contributed by atoms with Crippen LogP contribution < -0.4 is 19.1 Å². The number of ether oxygens (including phenoxy) is 3. The van der Waals surface area contributed by atoms with E-state index in [0.717, 1.165) is 59.4 Å². The largest absolute Gasteiger partial charge is 0.497 e. The lowest BCUT2D eigenvalue weighted by Gasteiger charge is -2.27. The Labute approximate surface area is 203 Å². The van der Waals surface area contributed by atoms with Gasteiger partial charge in [-0.3, -0.25) is 4.90 Å². The number of nitrogens with zero attached hydrogens (tertiary/aromatic N) is 2. The predicted molar refractivity (Wildman–Crippen MR) is 140 cm³/mol. The molecule has 3 aromatic rings. The quantitative estimate of drug-likeness (QED) is 0.350. The summed E-state index contributed by atoms with van der Waals surface area (Å²) < 4.78 is 16.9. The molecular formula is C29H36N2O3. The first kappa shape index (κ1) is 24.0. The van der Waals surface area contributed by atoms with Gasteiger partial charge in [0.1, 0.15) is 23.9 Å². The smallest absolute Gasteiger partial charge is 0.119 e. The maximum atomic E-state index is 6.04. The second-order valence-corrected chi connectivity index (χ2v) is 8.60. The molecule has 180 valence electrons. The van der Waals surface area contributed by atoms with Gasteiger partial charge in [-0.25, -0.2) is 0 Å². The molecule has 5 nitrogen and oxygen atoms in total. The number of rotatable bonds is 10. The third-order valence-corrected chi connectivity index (χ3v) is 6.49. The Bertz CT molecular complexity index is 1030. The fourth-order valence-electron chi connectivity index (χ4n) is 4.57. The molecule has 4 rings (SSSR count). The van der Waals surface area contributed by atoms with Gasteiger partial charge < -0.3 is 19.1 Å². The van der Waals surface area contributed by atoms with Crippen LogP contribution in [0.3, 0.4) is 0 Å². The molecule has 1 aliphatic heterocycles. The molecule has 3 aromatic carbocycles. The van der Waals surface area contributed by atoms with E-state index in [2.05, 4.69) is 65.3 Å². The first-order chi connectivity index (χ1) is 16.7. The number of hydrogen-bond acceptors (Lipinski definition) is 5. The number of methoxy groups -OCH3 is 2. The summed E-state index contributed by atoms with van der Waals surface area (Å²) in [4.78, 5) is 4.82. The molecule has 0 atom stereocenters. The van der Waals surface area contributed by atoms with Gasteiger partial charge in [0.25, 0.3) is 0 Å². The maximum Gasteiger partial charge on any atom is 0.119 e. The molecule has 0 N–H and O–H groups in total. The van der Waals surface area contributed by atoms with Crippen LogP contribution in [0.15, 0.2) is 66.7 Å². The highest BCUT2D eigenvalue weighted by Gasteiger charge is 2.15. The Morgan fingerprint density at radius 3 is 2.06 bits per heavy atom. The van der Waals surface area contributed by atoms with Gasteiger partial charge in [-0.1, -0.05) is 18.6 Å². The molecule has 0 aromatic heterocycles. The fraction of sp³-hybridized carbons (Fsp3) is 0.379. The summed E-state index contributed by atoms with van der Waals surface area (Å²) in [6, 6.07) is 22.8. The maximum absolute atomic E-state index is 6.04. The molecule has 1 heterocycles. The van der Waals surface area contributed by atoms with Gasteiger partial charge in [0.15, 0.2) is 0 Å². The molecule has 1 saturated heterocycles. The third-order valence-electron chi connectivity index (χ3n) is 6.49. The lowest BCUT2D eigenvalue weighted by atomic mass is 10.0. The van der Waals surface area contributed by atoms with Crippen LogP contribution in [0, 0.1) is 0 Å². The molecule has 1 fully saturated rings. The van der Waals surface area contributed by atoms with Gasteiger partial charge in [0.05, 0.1) is 14.2 Å². The van der Waals surface area contributed by atoms with Crippen molar-refractivity contribution in [3.8, 4) is 28.4 Å². The second-order valence-electron chi connectivity index (χ2n) is 8.60. The van der Waals surface area contributed by atoms with E-state index in [0.29, 0.717) is 0 Å². The molecule has 0 amide bonds. The molecular weight excluding hydrogens is 424 g/mol. The van der Waals surface area contributed by atoms with E-state index in [-0.39, 0.29) is 0 Å². The van der Waals surface area contributed by atoms with Crippen LogP contribution in [-0.2, 0) is 0 Å². The summed E-state index contributed by atoms with van der Waals surface area (Å²) >= 11 is 0. The Morgan fingerprint density at radius 1 is 0.765 bits per heavy atom. The lowest BCUT2D eigenvalue weighted by molar-refractivity contribution is 0.183. The summed E-state index contributed by atoms with van der Waals surface area (Å²) in [5.41, 5.74) is 4.49. The predicted octanol–water partition coefficient (Wildman–Crippen LogP) is 6.39. The zero-order chi connectivity index (χ0) is 23.8. The number of anilines is 2. The minimum atomic E-state index is 0.733. The van der Waals surface area contributed by atoms with Crippen LogP contribution in [0.1, 0.15) is 26.2 Å². The number of hydrogen-bond donors (Lipinski definition) is 0. The van der Waals surface area contributed by atoms with Crippen molar-refractivity contribution < 1.29 is 14.2 Å². The summed E-state index contributed by atoms with van der Waals surface area (Å²) in [5.74, 6) is 2.60. The molecule has 0 spiro atoms. The van der Waals surface area contributed by atoms with Crippen molar-refractivity contribution in [2.75, 3.05) is 51.9 Å². The van der Waals surface area contributed by atoms with Gasteiger partial charge in [-0.2, -0.15) is 0 Å². The van der Waals surface area contributed by atoms with Crippen LogP contribution in [0.2, 0.25) is 0 Å². The van der Waals surface area contributed by atoms with Crippen molar-refractivity contribution >= 4 is 11.4 Å². The molecule has 0 bridgehead atoms. The van der Waals surface area contributed by atoms with E-state index in [9.17, 15) is 0 Å². The van der Waals surface area contributed by atoms with Crippen LogP contribution in [0.25, 0.3) is 11.1 Å². The van der Waals surface area contributed by atoms with Crippen molar-refractivity contribution in [2.24, 2.45) is 0 Å². The molecule has 1 aliphatic rings. The monoisotopic (exact) mass is 460 g/mol. The molecule has 0 unspecified atom stereocenters. The number of piperidine rings is 1. The molecule has 34 heavy (non-hydrogen) atoms. The van der Waals surface area contributed by atoms with Crippen molar-refractivity contribution in [3.05, 3.63) is 66.7 Å². The average molecular weight is 461 g/mol. The van der Waals surface area contributed by atoms with Crippen LogP contribution in [-0.4, -0.2) is 51.9 Å². The average Bonchev–Trinajstić information content (AvgIpc) is 2.91. The minimum absolute atomic E-state index is 0.733. The van der Waals surface area contributed by atoms with E-state index in [1.165, 1.54) is 32.4 Å². The lowest BCUT2D eigenvalue weighted by Crippen LogP contribution is -2.33. The SMILES string of the molecule is CCN(c1ccc(OCCN2CCCCC2)cc1)c1ccc(OC)cc1-c1ccc(OC)cc1. The van der Waals surface area contributed by atoms with Crippen molar-refractivity contribution in [1.29, 1.82) is 0 Å². The summed E-state index contributed by atoms with van der Waals surface area (Å²) in [6.45, 7) is 7.14. The van der Waals surface area contributed by atoms with Gasteiger partial charge in [-0.05, 0) is 93.0 Å². The molecule has 0 saturated carbocycles. The molecule has 0 aliphatic carbocycles. The normalized spacial score (nSPS) is 14.0. The number of benzene rings is 3. The van der Waals surface area contributed by atoms with Gasteiger partial charge in [0, 0.05) is 30.0 Å². The summed E-state index contributed by atoms with van der Waals surface area (Å²) in [6.07, 6.45) is 3.98. The van der Waals surface area contributed by atoms with E-state index < -0.39 is 0 Å². The van der Waals surface area contributed by atoms with Crippen molar-refractivity contribution in [1.82, 2.24) is 4.90 Å². The third kappa shape index (κ3) is 5.84.